The number of carbonyl (C=O) groups excluding carboxylic acids is 2. The Morgan fingerprint density at radius 2 is 2.00 bits per heavy atom. The Bertz CT molecular complexity index is 664. The number of benzene rings is 1. The highest BCUT2D eigenvalue weighted by Gasteiger charge is 2.22. The van der Waals surface area contributed by atoms with Gasteiger partial charge < -0.3 is 19.7 Å². The lowest BCUT2D eigenvalue weighted by atomic mass is 9.98. The fourth-order valence-electron chi connectivity index (χ4n) is 2.78. The second-order valence-corrected chi connectivity index (χ2v) is 6.20. The first kappa shape index (κ1) is 19.0. The molecule has 0 radical (unpaired) electrons. The number of aromatic hydroxyl groups is 1. The van der Waals surface area contributed by atoms with E-state index < -0.39 is 18.2 Å². The number of aliphatic hydroxyl groups excluding tert-OH is 1. The first-order valence-corrected chi connectivity index (χ1v) is 8.41. The van der Waals surface area contributed by atoms with E-state index in [1.807, 2.05) is 0 Å². The number of aryl methyl sites for hydroxylation is 1. The molecule has 1 aliphatic heterocycles. The summed E-state index contributed by atoms with van der Waals surface area (Å²) in [5, 5.41) is 20.1. The maximum Gasteiger partial charge on any atom is 0.342 e. The van der Waals surface area contributed by atoms with Crippen molar-refractivity contribution < 1.29 is 29.3 Å². The van der Waals surface area contributed by atoms with Gasteiger partial charge in [-0.1, -0.05) is 12.5 Å². The van der Waals surface area contributed by atoms with Crippen molar-refractivity contribution in [2.45, 2.75) is 51.2 Å². The minimum absolute atomic E-state index is 0.144. The van der Waals surface area contributed by atoms with Gasteiger partial charge in [0.2, 0.25) is 0 Å². The maximum absolute atomic E-state index is 12.5. The van der Waals surface area contributed by atoms with E-state index in [2.05, 4.69) is 0 Å². The number of hydrogen-bond donors (Lipinski definition) is 2. The third-order valence-electron chi connectivity index (χ3n) is 4.17. The van der Waals surface area contributed by atoms with Crippen molar-refractivity contribution in [1.29, 1.82) is 0 Å². The van der Waals surface area contributed by atoms with Gasteiger partial charge in [-0.25, -0.2) is 4.79 Å². The lowest BCUT2D eigenvalue weighted by Gasteiger charge is -2.17. The van der Waals surface area contributed by atoms with Crippen LogP contribution in [0.4, 0.5) is 0 Å². The summed E-state index contributed by atoms with van der Waals surface area (Å²) in [6.45, 7) is 1.70. The molecule has 0 amide bonds. The number of hydrogen-bond acceptors (Lipinski definition) is 6. The summed E-state index contributed by atoms with van der Waals surface area (Å²) in [6.07, 6.45) is 3.90. The number of aliphatic hydroxyl groups is 1. The summed E-state index contributed by atoms with van der Waals surface area (Å²) in [5.41, 5.74) is 0.771. The predicted molar refractivity (Wildman–Crippen MR) is 91.9 cm³/mol. The van der Waals surface area contributed by atoms with Gasteiger partial charge in [0, 0.05) is 12.5 Å². The van der Waals surface area contributed by atoms with Gasteiger partial charge in [0.15, 0.2) is 5.78 Å². The topological polar surface area (TPSA) is 93.1 Å². The SMILES string of the molecule is COc1cc(O)c2c(c1)CCCCC(O)C(=O)/C=C\CC(C)OC2=O. The fourth-order valence-corrected chi connectivity index (χ4v) is 2.78. The van der Waals surface area contributed by atoms with Crippen LogP contribution in [0.15, 0.2) is 24.3 Å². The summed E-state index contributed by atoms with van der Waals surface area (Å²) in [6, 6.07) is 3.09. The number of ether oxygens (including phenoxy) is 2. The van der Waals surface area contributed by atoms with E-state index in [1.165, 1.54) is 19.3 Å². The van der Waals surface area contributed by atoms with Crippen LogP contribution in [-0.4, -0.2) is 41.3 Å². The molecule has 1 aliphatic rings. The van der Waals surface area contributed by atoms with Crippen molar-refractivity contribution in [3.05, 3.63) is 35.4 Å². The quantitative estimate of drug-likeness (QED) is 0.758. The predicted octanol–water partition coefficient (Wildman–Crippen LogP) is 2.55. The molecule has 2 unspecified atom stereocenters. The van der Waals surface area contributed by atoms with Crippen LogP contribution < -0.4 is 4.74 Å². The van der Waals surface area contributed by atoms with E-state index in [4.69, 9.17) is 9.47 Å². The molecule has 2 N–H and O–H groups in total. The highest BCUT2D eigenvalue weighted by atomic mass is 16.5. The number of phenolic OH excluding ortho intramolecular Hbond substituents is 1. The zero-order chi connectivity index (χ0) is 18.4. The van der Waals surface area contributed by atoms with Crippen molar-refractivity contribution in [1.82, 2.24) is 0 Å². The Morgan fingerprint density at radius 3 is 2.72 bits per heavy atom. The smallest absolute Gasteiger partial charge is 0.342 e. The molecule has 0 aromatic heterocycles. The Hall–Kier alpha value is -2.34. The molecule has 0 fully saturated rings. The molecule has 2 rings (SSSR count). The molecular formula is C19H24O6. The van der Waals surface area contributed by atoms with Crippen molar-refractivity contribution in [2.75, 3.05) is 7.11 Å². The average Bonchev–Trinajstić information content (AvgIpc) is 2.56. The molecule has 2 atom stereocenters. The number of rotatable bonds is 1. The standard InChI is InChI=1S/C19H24O6/c1-12-6-5-9-16(21)15(20)8-4-3-7-13-10-14(24-2)11-17(22)18(13)19(23)25-12/h5,9-12,15,20,22H,3-4,6-8H2,1-2H3/b9-5-. The Labute approximate surface area is 147 Å². The lowest BCUT2D eigenvalue weighted by molar-refractivity contribution is -0.122. The summed E-state index contributed by atoms with van der Waals surface area (Å²) in [4.78, 5) is 24.3. The van der Waals surface area contributed by atoms with Crippen molar-refractivity contribution in [3.8, 4) is 11.5 Å². The van der Waals surface area contributed by atoms with Crippen molar-refractivity contribution in [3.63, 3.8) is 0 Å². The normalized spacial score (nSPS) is 24.0. The number of ketones is 1. The average molecular weight is 348 g/mol. The van der Waals surface area contributed by atoms with E-state index in [-0.39, 0.29) is 17.1 Å². The monoisotopic (exact) mass is 348 g/mol. The summed E-state index contributed by atoms with van der Waals surface area (Å²) in [7, 11) is 1.49. The summed E-state index contributed by atoms with van der Waals surface area (Å²) < 4.78 is 10.5. The van der Waals surface area contributed by atoms with Crippen molar-refractivity contribution in [2.24, 2.45) is 0 Å². The Kier molecular flexibility index (Phi) is 6.58. The van der Waals surface area contributed by atoms with Crippen LogP contribution in [0.25, 0.3) is 0 Å². The van der Waals surface area contributed by atoms with Gasteiger partial charge >= 0.3 is 5.97 Å². The first-order valence-electron chi connectivity index (χ1n) is 8.41. The van der Waals surface area contributed by atoms with Crippen LogP contribution in [0, 0.1) is 0 Å². The zero-order valence-electron chi connectivity index (χ0n) is 14.5. The molecule has 0 spiro atoms. The van der Waals surface area contributed by atoms with Gasteiger partial charge in [0.1, 0.15) is 29.3 Å². The molecule has 0 bridgehead atoms. The van der Waals surface area contributed by atoms with Crippen LogP contribution in [-0.2, 0) is 16.0 Å². The molecule has 0 aliphatic carbocycles. The fraction of sp³-hybridized carbons (Fsp3) is 0.474. The highest BCUT2D eigenvalue weighted by molar-refractivity contribution is 5.95. The van der Waals surface area contributed by atoms with Crippen LogP contribution in [0.3, 0.4) is 0 Å². The third kappa shape index (κ3) is 5.06. The van der Waals surface area contributed by atoms with Gasteiger partial charge in [-0.05, 0) is 43.9 Å². The molecule has 0 saturated carbocycles. The molecule has 6 heteroatoms. The van der Waals surface area contributed by atoms with Gasteiger partial charge in [-0.3, -0.25) is 4.79 Å². The van der Waals surface area contributed by atoms with E-state index in [9.17, 15) is 19.8 Å². The molecular weight excluding hydrogens is 324 g/mol. The zero-order valence-corrected chi connectivity index (χ0v) is 14.5. The number of esters is 1. The summed E-state index contributed by atoms with van der Waals surface area (Å²) >= 11 is 0. The summed E-state index contributed by atoms with van der Waals surface area (Å²) in [5.74, 6) is -0.657. The van der Waals surface area contributed by atoms with E-state index in [1.54, 1.807) is 19.1 Å². The van der Waals surface area contributed by atoms with E-state index >= 15 is 0 Å². The second kappa shape index (κ2) is 8.67. The number of methoxy groups -OCH3 is 1. The Balaban J connectivity index is 2.32. The lowest BCUT2D eigenvalue weighted by Crippen LogP contribution is -2.19. The van der Waals surface area contributed by atoms with Crippen LogP contribution in [0.1, 0.15) is 48.5 Å². The number of cyclic esters (lactones) is 1. The highest BCUT2D eigenvalue weighted by Crippen LogP contribution is 2.30. The van der Waals surface area contributed by atoms with Crippen molar-refractivity contribution >= 4 is 11.8 Å². The minimum atomic E-state index is -1.02. The van der Waals surface area contributed by atoms with Crippen LogP contribution in [0.2, 0.25) is 0 Å². The molecule has 25 heavy (non-hydrogen) atoms. The van der Waals surface area contributed by atoms with Crippen LogP contribution in [0.5, 0.6) is 11.5 Å². The number of phenols is 1. The molecule has 1 aromatic rings. The van der Waals surface area contributed by atoms with Gasteiger partial charge in [0.05, 0.1) is 7.11 Å². The van der Waals surface area contributed by atoms with Gasteiger partial charge in [0.25, 0.3) is 0 Å². The third-order valence-corrected chi connectivity index (χ3v) is 4.17. The molecule has 136 valence electrons. The van der Waals surface area contributed by atoms with E-state index in [0.29, 0.717) is 43.4 Å². The Morgan fingerprint density at radius 1 is 1.24 bits per heavy atom. The van der Waals surface area contributed by atoms with Gasteiger partial charge in [-0.2, -0.15) is 0 Å². The van der Waals surface area contributed by atoms with E-state index in [0.717, 1.165) is 0 Å². The van der Waals surface area contributed by atoms with Gasteiger partial charge in [-0.15, -0.1) is 0 Å². The molecule has 0 saturated heterocycles. The maximum atomic E-state index is 12.5. The second-order valence-electron chi connectivity index (χ2n) is 6.20. The minimum Gasteiger partial charge on any atom is -0.507 e. The molecule has 1 heterocycles. The van der Waals surface area contributed by atoms with Crippen LogP contribution >= 0.6 is 0 Å². The molecule has 6 nitrogen and oxygen atoms in total. The number of fused-ring (bicyclic) bond motifs is 1. The molecule has 1 aromatic carbocycles. The largest absolute Gasteiger partial charge is 0.507 e. The number of carbonyl (C=O) groups is 2. The first-order chi connectivity index (χ1) is 11.9.